The van der Waals surface area contributed by atoms with E-state index in [1.165, 1.54) is 14.2 Å². The van der Waals surface area contributed by atoms with Gasteiger partial charge in [-0.05, 0) is 59.8 Å². The first-order chi connectivity index (χ1) is 20.7. The number of likely N-dealkylation sites (N-methyl/N-ethyl adjacent to an activating group) is 1. The zero-order chi connectivity index (χ0) is 32.2. The lowest BCUT2D eigenvalue weighted by Crippen LogP contribution is -2.40. The molecule has 1 heterocycles. The van der Waals surface area contributed by atoms with Gasteiger partial charge in [-0.1, -0.05) is 30.3 Å². The Morgan fingerprint density at radius 1 is 0.909 bits per heavy atom. The van der Waals surface area contributed by atoms with E-state index in [4.69, 9.17) is 4.74 Å². The molecule has 234 valence electrons. The number of nitrogens with one attached hydrogen (secondary N) is 1. The molecule has 0 aliphatic heterocycles. The summed E-state index contributed by atoms with van der Waals surface area (Å²) in [7, 11) is 4.67. The van der Waals surface area contributed by atoms with Gasteiger partial charge in [0.1, 0.15) is 5.75 Å². The van der Waals surface area contributed by atoms with E-state index < -0.39 is 41.0 Å². The molecule has 2 amide bonds. The summed E-state index contributed by atoms with van der Waals surface area (Å²) in [4.78, 5) is 27.4. The molecule has 3 aromatic carbocycles. The highest BCUT2D eigenvalue weighted by Gasteiger charge is 2.38. The summed E-state index contributed by atoms with van der Waals surface area (Å²) in [5.74, 6) is -0.696. The molecule has 1 atom stereocenters. The molecule has 0 saturated carbocycles. The van der Waals surface area contributed by atoms with Crippen LogP contribution < -0.4 is 10.1 Å². The number of aryl methyl sites for hydroxylation is 1. The fourth-order valence-corrected chi connectivity index (χ4v) is 4.99. The molecule has 0 fully saturated rings. The molecule has 4 aromatic rings. The van der Waals surface area contributed by atoms with Crippen molar-refractivity contribution in [1.29, 1.82) is 0 Å². The summed E-state index contributed by atoms with van der Waals surface area (Å²) >= 11 is 0. The quantitative estimate of drug-likeness (QED) is 0.195. The van der Waals surface area contributed by atoms with Gasteiger partial charge in [0.15, 0.2) is 0 Å². The van der Waals surface area contributed by atoms with Crippen LogP contribution in [0.1, 0.15) is 45.6 Å². The maximum atomic E-state index is 13.5. The normalized spacial score (nSPS) is 12.7. The molecule has 6 nitrogen and oxygen atoms in total. The van der Waals surface area contributed by atoms with Crippen LogP contribution in [-0.2, 0) is 37.2 Å². The zero-order valence-electron chi connectivity index (χ0n) is 24.2. The van der Waals surface area contributed by atoms with Crippen molar-refractivity contribution < 1.29 is 40.7 Å². The Bertz CT molecular complexity index is 1590. The number of methoxy groups -OCH3 is 1. The topological polar surface area (TPSA) is 63.6 Å². The Balaban J connectivity index is 1.59. The second-order valence-corrected chi connectivity index (χ2v) is 10.5. The Labute approximate surface area is 250 Å². The van der Waals surface area contributed by atoms with Crippen LogP contribution in [-0.4, -0.2) is 41.5 Å². The van der Waals surface area contributed by atoms with Crippen LogP contribution in [0, 0.1) is 0 Å². The number of ether oxygens (including phenoxy) is 1. The van der Waals surface area contributed by atoms with Crippen molar-refractivity contribution in [1.82, 2.24) is 14.8 Å². The van der Waals surface area contributed by atoms with Crippen molar-refractivity contribution >= 4 is 22.7 Å². The second kappa shape index (κ2) is 13.0. The zero-order valence-corrected chi connectivity index (χ0v) is 24.2. The van der Waals surface area contributed by atoms with Crippen molar-refractivity contribution in [3.05, 3.63) is 101 Å². The van der Waals surface area contributed by atoms with Gasteiger partial charge in [-0.15, -0.1) is 0 Å². The smallest absolute Gasteiger partial charge is 0.416 e. The van der Waals surface area contributed by atoms with Crippen LogP contribution >= 0.6 is 0 Å². The van der Waals surface area contributed by atoms with Crippen LogP contribution in [0.5, 0.6) is 5.75 Å². The third-order valence-electron chi connectivity index (χ3n) is 7.55. The van der Waals surface area contributed by atoms with Gasteiger partial charge in [0.25, 0.3) is 5.91 Å². The van der Waals surface area contributed by atoms with E-state index in [0.717, 1.165) is 27.1 Å². The predicted octanol–water partition coefficient (Wildman–Crippen LogP) is 7.00. The predicted molar refractivity (Wildman–Crippen MR) is 153 cm³/mol. The Hall–Kier alpha value is -4.48. The monoisotopic (exact) mass is 619 g/mol. The average Bonchev–Trinajstić information content (AvgIpc) is 3.31. The summed E-state index contributed by atoms with van der Waals surface area (Å²) in [6.07, 6.45) is -9.94. The standard InChI is InChI=1S/C32H31F6N3O3/c1-40-26(16-21-6-4-5-7-28(21)40)18-25(10-13-29(42)39-19-20-8-11-27(44-3)12-9-20)41(2)30(43)22-14-23(31(33,34)35)17-24(15-22)32(36,37)38/h4-9,11-12,14-17,25H,10,13,18-19H2,1-3H3,(H,39,42). The molecule has 0 aliphatic carbocycles. The van der Waals surface area contributed by atoms with Crippen molar-refractivity contribution in [3.8, 4) is 5.75 Å². The maximum Gasteiger partial charge on any atom is 0.416 e. The summed E-state index contributed by atoms with van der Waals surface area (Å²) in [6, 6.07) is 16.6. The number of halogens is 6. The molecule has 0 saturated heterocycles. The lowest BCUT2D eigenvalue weighted by Gasteiger charge is -2.29. The van der Waals surface area contributed by atoms with Crippen LogP contribution in [0.15, 0.2) is 72.8 Å². The third-order valence-corrected chi connectivity index (χ3v) is 7.55. The molecule has 0 spiro atoms. The van der Waals surface area contributed by atoms with E-state index >= 15 is 0 Å². The Morgan fingerprint density at radius 2 is 1.52 bits per heavy atom. The lowest BCUT2D eigenvalue weighted by atomic mass is 10.0. The summed E-state index contributed by atoms with van der Waals surface area (Å²) in [5.41, 5.74) is -1.40. The summed E-state index contributed by atoms with van der Waals surface area (Å²) in [5, 5.41) is 3.72. The van der Waals surface area contributed by atoms with Crippen LogP contribution in [0.3, 0.4) is 0 Å². The van der Waals surface area contributed by atoms with E-state index in [0.29, 0.717) is 17.9 Å². The number of alkyl halides is 6. The van der Waals surface area contributed by atoms with Crippen LogP contribution in [0.4, 0.5) is 26.3 Å². The second-order valence-electron chi connectivity index (χ2n) is 10.5. The van der Waals surface area contributed by atoms with Gasteiger partial charge in [0.05, 0.1) is 18.2 Å². The Morgan fingerprint density at radius 3 is 2.09 bits per heavy atom. The third kappa shape index (κ3) is 7.72. The molecular weight excluding hydrogens is 588 g/mol. The minimum Gasteiger partial charge on any atom is -0.497 e. The van der Waals surface area contributed by atoms with Gasteiger partial charge in [-0.25, -0.2) is 0 Å². The fourth-order valence-electron chi connectivity index (χ4n) is 4.99. The van der Waals surface area contributed by atoms with Gasteiger partial charge in [0.2, 0.25) is 5.91 Å². The van der Waals surface area contributed by atoms with E-state index in [-0.39, 0.29) is 37.8 Å². The summed E-state index contributed by atoms with van der Waals surface area (Å²) < 4.78 is 88.0. The molecule has 1 aromatic heterocycles. The van der Waals surface area contributed by atoms with E-state index in [9.17, 15) is 35.9 Å². The average molecular weight is 620 g/mol. The fraction of sp³-hybridized carbons (Fsp3) is 0.312. The van der Waals surface area contributed by atoms with Crippen LogP contribution in [0.25, 0.3) is 10.9 Å². The molecule has 4 rings (SSSR count). The number of para-hydroxylation sites is 1. The summed E-state index contributed by atoms with van der Waals surface area (Å²) in [6.45, 7) is 0.232. The first-order valence-corrected chi connectivity index (χ1v) is 13.7. The number of carbonyl (C=O) groups excluding carboxylic acids is 2. The molecule has 12 heteroatoms. The highest BCUT2D eigenvalue weighted by atomic mass is 19.4. The van der Waals surface area contributed by atoms with Gasteiger partial charge < -0.3 is 19.5 Å². The van der Waals surface area contributed by atoms with E-state index in [1.807, 2.05) is 41.9 Å². The van der Waals surface area contributed by atoms with Gasteiger partial charge in [0, 0.05) is 56.3 Å². The van der Waals surface area contributed by atoms with E-state index in [1.54, 1.807) is 24.3 Å². The number of aromatic nitrogens is 1. The number of hydrogen-bond donors (Lipinski definition) is 1. The SMILES string of the molecule is COc1ccc(CNC(=O)CCC(Cc2cc3ccccc3n2C)N(C)C(=O)c2cc(C(F)(F)F)cc(C(F)(F)F)c2)cc1. The van der Waals surface area contributed by atoms with Gasteiger partial charge in [-0.2, -0.15) is 26.3 Å². The van der Waals surface area contributed by atoms with Gasteiger partial charge >= 0.3 is 12.4 Å². The van der Waals surface area contributed by atoms with Crippen molar-refractivity contribution in [2.75, 3.05) is 14.2 Å². The van der Waals surface area contributed by atoms with Crippen LogP contribution in [0.2, 0.25) is 0 Å². The number of amides is 2. The molecule has 1 unspecified atom stereocenters. The lowest BCUT2D eigenvalue weighted by molar-refractivity contribution is -0.143. The van der Waals surface area contributed by atoms with E-state index in [2.05, 4.69) is 5.32 Å². The largest absolute Gasteiger partial charge is 0.497 e. The number of fused-ring (bicyclic) bond motifs is 1. The Kier molecular flexibility index (Phi) is 9.60. The highest BCUT2D eigenvalue weighted by Crippen LogP contribution is 2.37. The minimum absolute atomic E-state index is 0.0169. The first kappa shape index (κ1) is 32.4. The first-order valence-electron chi connectivity index (χ1n) is 13.7. The maximum absolute atomic E-state index is 13.5. The molecule has 0 aliphatic rings. The molecule has 44 heavy (non-hydrogen) atoms. The molecule has 1 N–H and O–H groups in total. The number of carbonyl (C=O) groups is 2. The number of benzene rings is 3. The number of nitrogens with zero attached hydrogens (tertiary/aromatic N) is 2. The van der Waals surface area contributed by atoms with Crippen molar-refractivity contribution in [2.45, 2.75) is 44.2 Å². The molecule has 0 radical (unpaired) electrons. The number of rotatable bonds is 10. The van der Waals surface area contributed by atoms with Crippen molar-refractivity contribution in [2.24, 2.45) is 7.05 Å². The molecular formula is C32H31F6N3O3. The molecule has 0 bridgehead atoms. The van der Waals surface area contributed by atoms with Crippen molar-refractivity contribution in [3.63, 3.8) is 0 Å². The minimum atomic E-state index is -5.10. The van der Waals surface area contributed by atoms with Gasteiger partial charge in [-0.3, -0.25) is 9.59 Å². The highest BCUT2D eigenvalue weighted by molar-refractivity contribution is 5.95. The number of hydrogen-bond acceptors (Lipinski definition) is 3.